The molecule has 0 radical (unpaired) electrons. The second-order valence-corrected chi connectivity index (χ2v) is 28.1. The molecule has 0 bridgehead atoms. The molecule has 0 fully saturated rings. The average molecular weight is 1170 g/mol. The highest BCUT2D eigenvalue weighted by Crippen LogP contribution is 2.57. The van der Waals surface area contributed by atoms with Gasteiger partial charge in [0.2, 0.25) is 0 Å². The monoisotopic (exact) mass is 1170 g/mol. The Bertz CT molecular complexity index is 2880. The third-order valence-electron chi connectivity index (χ3n) is 21.6. The van der Waals surface area contributed by atoms with Crippen LogP contribution in [0.3, 0.4) is 0 Å². The Morgan fingerprint density at radius 2 is 0.506 bits per heavy atom. The van der Waals surface area contributed by atoms with E-state index in [4.69, 9.17) is 0 Å². The van der Waals surface area contributed by atoms with Gasteiger partial charge in [-0.25, -0.2) is 0 Å². The molecule has 9 rings (SSSR count). The summed E-state index contributed by atoms with van der Waals surface area (Å²) in [6.45, 7) is 12.8. The molecule has 0 unspecified atom stereocenters. The Morgan fingerprint density at radius 3 is 0.839 bits per heavy atom. The van der Waals surface area contributed by atoms with Crippen molar-refractivity contribution in [1.82, 2.24) is 4.57 Å². The van der Waals surface area contributed by atoms with Crippen LogP contribution in [0.1, 0.15) is 327 Å². The second kappa shape index (κ2) is 35.5. The molecule has 470 valence electrons. The fourth-order valence-electron chi connectivity index (χ4n) is 16.6. The van der Waals surface area contributed by atoms with Crippen LogP contribution >= 0.6 is 0 Å². The van der Waals surface area contributed by atoms with Gasteiger partial charge in [0.05, 0.1) is 0 Å². The maximum atomic E-state index is 2.70. The molecule has 0 aliphatic heterocycles. The molecule has 7 aromatic rings. The molecule has 6 aromatic carbocycles. The lowest BCUT2D eigenvalue weighted by Crippen LogP contribution is -2.25. The summed E-state index contributed by atoms with van der Waals surface area (Å²) in [7, 11) is 0. The van der Waals surface area contributed by atoms with Crippen molar-refractivity contribution in [2.75, 3.05) is 0 Å². The number of rotatable bonds is 45. The summed E-state index contributed by atoms with van der Waals surface area (Å²) in [5, 5.41) is 2.83. The molecule has 1 nitrogen and oxygen atoms in total. The maximum Gasteiger partial charge on any atom is 0.0491 e. The average Bonchev–Trinajstić information content (AvgIpc) is 1.62. The van der Waals surface area contributed by atoms with Crippen LogP contribution in [0.2, 0.25) is 0 Å². The van der Waals surface area contributed by atoms with Gasteiger partial charge in [0.25, 0.3) is 0 Å². The molecule has 1 heterocycles. The topological polar surface area (TPSA) is 4.93 Å². The maximum absolute atomic E-state index is 2.70. The standard InChI is InChI=1S/C86H121N/c1-6-11-16-21-26-30-34-43-60-85(61-44-35-31-27-22-17-12-7-2)79-50-41-39-48-73(79)75-56-52-71(67-81(75)85)69-54-58-83-77(65-69)78-66-70(55-59-84(78)87(83)64-47-38-25-20-15-10-5)72-53-57-76-74-49-40-42-51-80(74)86(82(76)68-72,62-45-36-32-28-23-18-13-8-3)63-46-37-33-29-24-19-14-9-4/h39-42,48-59,65-68H,6-38,43-47,60-64H2,1-5H3. The first-order chi connectivity index (χ1) is 43.0. The highest BCUT2D eigenvalue weighted by atomic mass is 15.0. The van der Waals surface area contributed by atoms with Gasteiger partial charge in [0.1, 0.15) is 0 Å². The van der Waals surface area contributed by atoms with Crippen LogP contribution in [0.25, 0.3) is 66.3 Å². The normalized spacial score (nSPS) is 13.7. The SMILES string of the molecule is CCCCCCCCCCC1(CCCCCCCCCC)c2ccccc2-c2ccc(-c3ccc4c(c3)c3cc(-c5ccc6c(c5)C(CCCCCCCCCC)(CCCCCCCCCC)c5ccccc5-6)ccc3n4CCCCCCCC)cc21. The van der Waals surface area contributed by atoms with E-state index in [1.165, 1.54) is 336 Å². The lowest BCUT2D eigenvalue weighted by Gasteiger charge is -2.33. The van der Waals surface area contributed by atoms with Gasteiger partial charge >= 0.3 is 0 Å². The van der Waals surface area contributed by atoms with Gasteiger partial charge in [-0.3, -0.25) is 0 Å². The van der Waals surface area contributed by atoms with Crippen molar-refractivity contribution in [3.8, 4) is 44.5 Å². The molecular formula is C86H121N. The van der Waals surface area contributed by atoms with E-state index in [2.05, 4.69) is 161 Å². The van der Waals surface area contributed by atoms with E-state index in [9.17, 15) is 0 Å². The zero-order chi connectivity index (χ0) is 60.4. The summed E-state index contributed by atoms with van der Waals surface area (Å²) in [4.78, 5) is 0. The van der Waals surface area contributed by atoms with Crippen LogP contribution < -0.4 is 0 Å². The van der Waals surface area contributed by atoms with Gasteiger partial charge in [-0.15, -0.1) is 0 Å². The molecule has 87 heavy (non-hydrogen) atoms. The largest absolute Gasteiger partial charge is 0.340 e. The zero-order valence-corrected chi connectivity index (χ0v) is 56.4. The van der Waals surface area contributed by atoms with Gasteiger partial charge in [0, 0.05) is 39.2 Å². The minimum atomic E-state index is 0.0646. The predicted octanol–water partition coefficient (Wildman–Crippen LogP) is 28.1. The summed E-state index contributed by atoms with van der Waals surface area (Å²) in [6, 6.07) is 49.9. The number of fused-ring (bicyclic) bond motifs is 9. The fourth-order valence-corrected chi connectivity index (χ4v) is 16.6. The van der Waals surface area contributed by atoms with Crippen LogP contribution in [0, 0.1) is 0 Å². The van der Waals surface area contributed by atoms with Crippen molar-refractivity contribution in [3.63, 3.8) is 0 Å². The van der Waals surface area contributed by atoms with Gasteiger partial charge in [-0.2, -0.15) is 0 Å². The first-order valence-electron chi connectivity index (χ1n) is 37.6. The summed E-state index contributed by atoms with van der Waals surface area (Å²) < 4.78 is 2.70. The van der Waals surface area contributed by atoms with E-state index in [1.807, 2.05) is 0 Å². The summed E-state index contributed by atoms with van der Waals surface area (Å²) in [5.41, 5.74) is 20.8. The van der Waals surface area contributed by atoms with Crippen molar-refractivity contribution in [2.45, 2.75) is 322 Å². The predicted molar refractivity (Wildman–Crippen MR) is 385 cm³/mol. The zero-order valence-electron chi connectivity index (χ0n) is 56.4. The van der Waals surface area contributed by atoms with Gasteiger partial charge in [-0.1, -0.05) is 357 Å². The van der Waals surface area contributed by atoms with Crippen molar-refractivity contribution in [3.05, 3.63) is 144 Å². The van der Waals surface area contributed by atoms with Crippen LogP contribution in [0.4, 0.5) is 0 Å². The van der Waals surface area contributed by atoms with Gasteiger partial charge in [-0.05, 0) is 135 Å². The van der Waals surface area contributed by atoms with Crippen molar-refractivity contribution >= 4 is 21.8 Å². The molecule has 0 saturated heterocycles. The Kier molecular flexibility index (Phi) is 27.1. The third-order valence-corrected chi connectivity index (χ3v) is 21.6. The highest BCUT2D eigenvalue weighted by molar-refractivity contribution is 6.10. The lowest BCUT2D eigenvalue weighted by molar-refractivity contribution is 0.397. The number of nitrogens with zero attached hydrogens (tertiary/aromatic N) is 1. The van der Waals surface area contributed by atoms with Crippen LogP contribution in [0.15, 0.2) is 121 Å². The molecule has 1 aromatic heterocycles. The van der Waals surface area contributed by atoms with E-state index in [1.54, 1.807) is 22.3 Å². The molecule has 0 spiro atoms. The Balaban J connectivity index is 1.07. The van der Waals surface area contributed by atoms with Gasteiger partial charge < -0.3 is 4.57 Å². The van der Waals surface area contributed by atoms with E-state index < -0.39 is 0 Å². The molecule has 2 aliphatic rings. The van der Waals surface area contributed by atoms with Crippen molar-refractivity contribution in [2.24, 2.45) is 0 Å². The number of benzene rings is 6. The van der Waals surface area contributed by atoms with Crippen LogP contribution in [0.5, 0.6) is 0 Å². The summed E-state index contributed by atoms with van der Waals surface area (Å²) in [5.74, 6) is 0. The molecule has 0 atom stereocenters. The summed E-state index contributed by atoms with van der Waals surface area (Å²) in [6.07, 6.45) is 56.7. The quantitative estimate of drug-likeness (QED) is 0.0335. The Morgan fingerprint density at radius 1 is 0.241 bits per heavy atom. The molecule has 0 N–H and O–H groups in total. The number of unbranched alkanes of at least 4 members (excludes halogenated alkanes) is 33. The smallest absolute Gasteiger partial charge is 0.0491 e. The van der Waals surface area contributed by atoms with Crippen LogP contribution in [-0.2, 0) is 17.4 Å². The van der Waals surface area contributed by atoms with E-state index in [0.29, 0.717) is 0 Å². The van der Waals surface area contributed by atoms with E-state index in [-0.39, 0.29) is 10.8 Å². The lowest BCUT2D eigenvalue weighted by atomic mass is 9.70. The number of hydrogen-bond donors (Lipinski definition) is 0. The number of aromatic nitrogens is 1. The molecular weight excluding hydrogens is 1050 g/mol. The second-order valence-electron chi connectivity index (χ2n) is 28.1. The number of aryl methyl sites for hydroxylation is 1. The van der Waals surface area contributed by atoms with E-state index in [0.717, 1.165) is 6.54 Å². The fraction of sp³-hybridized carbons (Fsp3) is 0.581. The van der Waals surface area contributed by atoms with Gasteiger partial charge in [0.15, 0.2) is 0 Å². The highest BCUT2D eigenvalue weighted by Gasteiger charge is 2.44. The third kappa shape index (κ3) is 16.9. The molecule has 1 heteroatoms. The minimum absolute atomic E-state index is 0.0646. The van der Waals surface area contributed by atoms with Crippen molar-refractivity contribution in [1.29, 1.82) is 0 Å². The van der Waals surface area contributed by atoms with Crippen LogP contribution in [-0.4, -0.2) is 4.57 Å². The minimum Gasteiger partial charge on any atom is -0.340 e. The molecule has 2 aliphatic carbocycles. The van der Waals surface area contributed by atoms with E-state index >= 15 is 0 Å². The van der Waals surface area contributed by atoms with Crippen molar-refractivity contribution < 1.29 is 0 Å². The first kappa shape index (κ1) is 66.5. The summed E-state index contributed by atoms with van der Waals surface area (Å²) >= 11 is 0. The first-order valence-corrected chi connectivity index (χ1v) is 37.6. The molecule has 0 saturated carbocycles. The molecule has 0 amide bonds. The Hall–Kier alpha value is -4.88. The number of hydrogen-bond acceptors (Lipinski definition) is 0. The Labute approximate surface area is 533 Å².